The number of aliphatic hydroxyl groups excluding tert-OH is 1. The molecule has 0 aromatic heterocycles. The van der Waals surface area contributed by atoms with Gasteiger partial charge in [0.15, 0.2) is 0 Å². The van der Waals surface area contributed by atoms with Gasteiger partial charge in [-0.3, -0.25) is 4.79 Å². The molecule has 1 aromatic rings. The van der Waals surface area contributed by atoms with E-state index in [1.165, 1.54) is 31.4 Å². The first-order chi connectivity index (χ1) is 12.1. The van der Waals surface area contributed by atoms with Crippen LogP contribution in [0.1, 0.15) is 56.6 Å². The van der Waals surface area contributed by atoms with Crippen molar-refractivity contribution in [1.29, 1.82) is 0 Å². The number of β-amino-alcohol motifs (C(OH)–C–C–N with tert-alkyl or cyclic N) is 1. The fourth-order valence-corrected chi connectivity index (χ4v) is 4.01. The molecule has 0 unspecified atom stereocenters. The van der Waals surface area contributed by atoms with E-state index in [4.69, 9.17) is 0 Å². The van der Waals surface area contributed by atoms with Crippen molar-refractivity contribution in [3.63, 3.8) is 0 Å². The molecule has 1 atom stereocenters. The van der Waals surface area contributed by atoms with Crippen molar-refractivity contribution in [2.75, 3.05) is 19.6 Å². The van der Waals surface area contributed by atoms with Crippen molar-refractivity contribution in [2.45, 2.75) is 57.1 Å². The van der Waals surface area contributed by atoms with Crippen LogP contribution < -0.4 is 5.32 Å². The fourth-order valence-electron chi connectivity index (χ4n) is 4.01. The molecule has 0 spiro atoms. The Morgan fingerprint density at radius 1 is 1.20 bits per heavy atom. The number of piperidine rings is 1. The summed E-state index contributed by atoms with van der Waals surface area (Å²) in [5, 5.41) is 13.5. The molecule has 1 saturated carbocycles. The van der Waals surface area contributed by atoms with E-state index in [2.05, 4.69) is 10.2 Å². The Balaban J connectivity index is 1.41. The zero-order valence-electron chi connectivity index (χ0n) is 14.8. The summed E-state index contributed by atoms with van der Waals surface area (Å²) in [6, 6.07) is 6.40. The summed E-state index contributed by atoms with van der Waals surface area (Å²) < 4.78 is 13.3. The Kier molecular flexibility index (Phi) is 6.43. The standard InChI is InChI=1S/C20H29FN2O2/c21-17-8-4-7-16(13-17)19(24)14-23-11-9-18(10-12-23)22-20(25)15-5-2-1-3-6-15/h4,7-8,13,15,18-19,24H,1-3,5-6,9-12,14H2,(H,22,25)/t19-/m1/s1. The number of likely N-dealkylation sites (tertiary alicyclic amines) is 1. The summed E-state index contributed by atoms with van der Waals surface area (Å²) in [6.45, 7) is 2.21. The van der Waals surface area contributed by atoms with Gasteiger partial charge in [0, 0.05) is 31.6 Å². The first-order valence-corrected chi connectivity index (χ1v) is 9.58. The van der Waals surface area contributed by atoms with Crippen molar-refractivity contribution >= 4 is 5.91 Å². The van der Waals surface area contributed by atoms with E-state index in [9.17, 15) is 14.3 Å². The molecule has 138 valence electrons. The minimum absolute atomic E-state index is 0.210. The molecule has 0 bridgehead atoms. The normalized spacial score (nSPS) is 21.8. The molecule has 2 N–H and O–H groups in total. The van der Waals surface area contributed by atoms with Gasteiger partial charge in [-0.15, -0.1) is 0 Å². The zero-order valence-corrected chi connectivity index (χ0v) is 14.8. The van der Waals surface area contributed by atoms with Gasteiger partial charge in [-0.05, 0) is 43.4 Å². The monoisotopic (exact) mass is 348 g/mol. The van der Waals surface area contributed by atoms with Gasteiger partial charge in [-0.2, -0.15) is 0 Å². The van der Waals surface area contributed by atoms with Crippen LogP contribution in [-0.4, -0.2) is 41.6 Å². The van der Waals surface area contributed by atoms with E-state index in [0.717, 1.165) is 38.8 Å². The van der Waals surface area contributed by atoms with Gasteiger partial charge in [-0.25, -0.2) is 4.39 Å². The number of aliphatic hydroxyl groups is 1. The molecule has 1 heterocycles. The second-order valence-corrected chi connectivity index (χ2v) is 7.49. The number of halogens is 1. The Labute approximate surface area is 149 Å². The molecule has 1 aliphatic carbocycles. The van der Waals surface area contributed by atoms with Crippen molar-refractivity contribution in [2.24, 2.45) is 5.92 Å². The minimum Gasteiger partial charge on any atom is -0.387 e. The molecule has 4 nitrogen and oxygen atoms in total. The van der Waals surface area contributed by atoms with Gasteiger partial charge >= 0.3 is 0 Å². The van der Waals surface area contributed by atoms with E-state index in [0.29, 0.717) is 12.1 Å². The highest BCUT2D eigenvalue weighted by molar-refractivity contribution is 5.79. The van der Waals surface area contributed by atoms with Gasteiger partial charge in [0.25, 0.3) is 0 Å². The van der Waals surface area contributed by atoms with Crippen LogP contribution >= 0.6 is 0 Å². The molecule has 1 amide bonds. The number of nitrogens with zero attached hydrogens (tertiary/aromatic N) is 1. The molecule has 1 aliphatic heterocycles. The number of nitrogens with one attached hydrogen (secondary N) is 1. The molecule has 3 rings (SSSR count). The van der Waals surface area contributed by atoms with Crippen LogP contribution in [0.5, 0.6) is 0 Å². The SMILES string of the molecule is O=C(NC1CCN(C[C@@H](O)c2cccc(F)c2)CC1)C1CCCCC1. The summed E-state index contributed by atoms with van der Waals surface area (Å²) >= 11 is 0. The summed E-state index contributed by atoms with van der Waals surface area (Å²) in [4.78, 5) is 14.5. The summed E-state index contributed by atoms with van der Waals surface area (Å²) in [7, 11) is 0. The van der Waals surface area contributed by atoms with E-state index in [1.54, 1.807) is 12.1 Å². The summed E-state index contributed by atoms with van der Waals surface area (Å²) in [5.74, 6) is 0.125. The fraction of sp³-hybridized carbons (Fsp3) is 0.650. The van der Waals surface area contributed by atoms with E-state index in [1.807, 2.05) is 0 Å². The minimum atomic E-state index is -0.677. The molecule has 1 saturated heterocycles. The van der Waals surface area contributed by atoms with Crippen LogP contribution in [0.4, 0.5) is 4.39 Å². The van der Waals surface area contributed by atoms with Crippen molar-refractivity contribution < 1.29 is 14.3 Å². The van der Waals surface area contributed by atoms with Gasteiger partial charge in [0.1, 0.15) is 5.82 Å². The first kappa shape index (κ1) is 18.3. The van der Waals surface area contributed by atoms with Crippen molar-refractivity contribution in [1.82, 2.24) is 10.2 Å². The lowest BCUT2D eigenvalue weighted by atomic mass is 9.88. The molecule has 1 aromatic carbocycles. The average Bonchev–Trinajstić information content (AvgIpc) is 2.64. The predicted molar refractivity (Wildman–Crippen MR) is 95.5 cm³/mol. The number of rotatable bonds is 5. The Hall–Kier alpha value is -1.46. The Morgan fingerprint density at radius 3 is 2.60 bits per heavy atom. The lowest BCUT2D eigenvalue weighted by Crippen LogP contribution is -2.47. The molecule has 5 heteroatoms. The topological polar surface area (TPSA) is 52.6 Å². The van der Waals surface area contributed by atoms with Crippen LogP contribution in [0, 0.1) is 11.7 Å². The molecule has 2 aliphatic rings. The number of carbonyl (C=O) groups is 1. The highest BCUT2D eigenvalue weighted by Gasteiger charge is 2.26. The number of hydrogen-bond donors (Lipinski definition) is 2. The van der Waals surface area contributed by atoms with E-state index >= 15 is 0 Å². The van der Waals surface area contributed by atoms with Crippen LogP contribution in [0.15, 0.2) is 24.3 Å². The van der Waals surface area contributed by atoms with Crippen molar-refractivity contribution in [3.8, 4) is 0 Å². The summed E-state index contributed by atoms with van der Waals surface area (Å²) in [6.07, 6.45) is 6.82. The number of amides is 1. The van der Waals surface area contributed by atoms with Gasteiger partial charge in [-0.1, -0.05) is 31.4 Å². The van der Waals surface area contributed by atoms with Gasteiger partial charge < -0.3 is 15.3 Å². The number of hydrogen-bond acceptors (Lipinski definition) is 3. The van der Waals surface area contributed by atoms with E-state index in [-0.39, 0.29) is 23.7 Å². The largest absolute Gasteiger partial charge is 0.387 e. The average molecular weight is 348 g/mol. The highest BCUT2D eigenvalue weighted by atomic mass is 19.1. The lowest BCUT2D eigenvalue weighted by Gasteiger charge is -2.34. The maximum atomic E-state index is 13.3. The second kappa shape index (κ2) is 8.77. The summed E-state index contributed by atoms with van der Waals surface area (Å²) in [5.41, 5.74) is 0.618. The molecular weight excluding hydrogens is 319 g/mol. The van der Waals surface area contributed by atoms with Crippen LogP contribution in [0.3, 0.4) is 0 Å². The zero-order chi connectivity index (χ0) is 17.6. The van der Waals surface area contributed by atoms with Crippen LogP contribution in [0.25, 0.3) is 0 Å². The first-order valence-electron chi connectivity index (χ1n) is 9.58. The third-order valence-corrected chi connectivity index (χ3v) is 5.57. The molecule has 2 fully saturated rings. The molecular formula is C20H29FN2O2. The lowest BCUT2D eigenvalue weighted by molar-refractivity contribution is -0.127. The van der Waals surface area contributed by atoms with E-state index < -0.39 is 6.10 Å². The van der Waals surface area contributed by atoms with Crippen LogP contribution in [0.2, 0.25) is 0 Å². The Morgan fingerprint density at radius 2 is 1.92 bits per heavy atom. The third kappa shape index (κ3) is 5.25. The molecule has 0 radical (unpaired) electrons. The molecule has 25 heavy (non-hydrogen) atoms. The van der Waals surface area contributed by atoms with Crippen molar-refractivity contribution in [3.05, 3.63) is 35.6 Å². The second-order valence-electron chi connectivity index (χ2n) is 7.49. The quantitative estimate of drug-likeness (QED) is 0.860. The van der Waals surface area contributed by atoms with Gasteiger partial charge in [0.2, 0.25) is 5.91 Å². The smallest absolute Gasteiger partial charge is 0.223 e. The maximum absolute atomic E-state index is 13.3. The Bertz CT molecular complexity index is 567. The van der Waals surface area contributed by atoms with Crippen LogP contribution in [-0.2, 0) is 4.79 Å². The predicted octanol–water partition coefficient (Wildman–Crippen LogP) is 3.02. The highest BCUT2D eigenvalue weighted by Crippen LogP contribution is 2.24. The van der Waals surface area contributed by atoms with Gasteiger partial charge in [0.05, 0.1) is 6.10 Å². The number of carbonyl (C=O) groups excluding carboxylic acids is 1. The maximum Gasteiger partial charge on any atom is 0.223 e. The third-order valence-electron chi connectivity index (χ3n) is 5.57. The number of benzene rings is 1.